The summed E-state index contributed by atoms with van der Waals surface area (Å²) in [6.07, 6.45) is 6.13. The van der Waals surface area contributed by atoms with E-state index in [2.05, 4.69) is 24.9 Å². The predicted molar refractivity (Wildman–Crippen MR) is 55.5 cm³/mol. The standard InChI is InChI=1S/C12H13NO/c1-8(2)10-6-9-4-3-5-11(14)12(9)13-7-10/h3,5-8H,4H2,1-2H3. The summed E-state index contributed by atoms with van der Waals surface area (Å²) in [5, 5.41) is 0. The summed E-state index contributed by atoms with van der Waals surface area (Å²) in [6.45, 7) is 4.26. The van der Waals surface area contributed by atoms with Gasteiger partial charge in [-0.3, -0.25) is 9.78 Å². The lowest BCUT2D eigenvalue weighted by atomic mass is 9.96. The largest absolute Gasteiger partial charge is 0.288 e. The molecule has 1 aromatic rings. The van der Waals surface area contributed by atoms with Gasteiger partial charge in [0.1, 0.15) is 5.69 Å². The van der Waals surface area contributed by atoms with Crippen molar-refractivity contribution in [3.8, 4) is 0 Å². The van der Waals surface area contributed by atoms with Gasteiger partial charge in [0.25, 0.3) is 0 Å². The predicted octanol–water partition coefficient (Wildman–Crippen LogP) is 2.50. The molecular weight excluding hydrogens is 174 g/mol. The maximum Gasteiger partial charge on any atom is 0.204 e. The third-order valence-corrected chi connectivity index (χ3v) is 2.49. The Kier molecular flexibility index (Phi) is 2.20. The van der Waals surface area contributed by atoms with E-state index in [9.17, 15) is 4.79 Å². The van der Waals surface area contributed by atoms with E-state index in [0.717, 1.165) is 12.0 Å². The van der Waals surface area contributed by atoms with Crippen LogP contribution in [0.1, 0.15) is 41.4 Å². The number of nitrogens with zero attached hydrogens (tertiary/aromatic N) is 1. The minimum atomic E-state index is 0.0292. The first kappa shape index (κ1) is 9.13. The zero-order chi connectivity index (χ0) is 10.1. The Balaban J connectivity index is 2.47. The maximum atomic E-state index is 11.4. The molecule has 72 valence electrons. The molecule has 1 aromatic heterocycles. The van der Waals surface area contributed by atoms with E-state index in [4.69, 9.17) is 0 Å². The Morgan fingerprint density at radius 3 is 2.93 bits per heavy atom. The molecule has 0 saturated heterocycles. The Hall–Kier alpha value is -1.44. The lowest BCUT2D eigenvalue weighted by Gasteiger charge is -2.12. The monoisotopic (exact) mass is 187 g/mol. The number of hydrogen-bond acceptors (Lipinski definition) is 2. The van der Waals surface area contributed by atoms with Crippen molar-refractivity contribution in [1.82, 2.24) is 4.98 Å². The second kappa shape index (κ2) is 3.37. The Morgan fingerprint density at radius 1 is 1.43 bits per heavy atom. The van der Waals surface area contributed by atoms with E-state index in [0.29, 0.717) is 11.6 Å². The van der Waals surface area contributed by atoms with Gasteiger partial charge in [0.15, 0.2) is 0 Å². The van der Waals surface area contributed by atoms with E-state index in [1.54, 1.807) is 12.3 Å². The lowest BCUT2D eigenvalue weighted by Crippen LogP contribution is -2.09. The van der Waals surface area contributed by atoms with Crippen LogP contribution in [0.2, 0.25) is 0 Å². The molecule has 1 aliphatic carbocycles. The molecule has 2 heteroatoms. The van der Waals surface area contributed by atoms with E-state index < -0.39 is 0 Å². The topological polar surface area (TPSA) is 30.0 Å². The zero-order valence-electron chi connectivity index (χ0n) is 8.45. The molecule has 0 unspecified atom stereocenters. The molecule has 0 radical (unpaired) electrons. The molecule has 0 saturated carbocycles. The molecule has 0 atom stereocenters. The first-order valence-electron chi connectivity index (χ1n) is 4.88. The number of carbonyl (C=O) groups is 1. The lowest BCUT2D eigenvalue weighted by molar-refractivity contribution is 0.103. The average molecular weight is 187 g/mol. The molecular formula is C12H13NO. The third-order valence-electron chi connectivity index (χ3n) is 2.49. The van der Waals surface area contributed by atoms with E-state index in [-0.39, 0.29) is 5.78 Å². The van der Waals surface area contributed by atoms with Crippen molar-refractivity contribution in [1.29, 1.82) is 0 Å². The molecule has 0 bridgehead atoms. The van der Waals surface area contributed by atoms with Crippen LogP contribution in [0.3, 0.4) is 0 Å². The SMILES string of the molecule is CC(C)c1cnc2c(c1)CC=CC2=O. The Bertz CT molecular complexity index is 405. The van der Waals surface area contributed by atoms with Gasteiger partial charge in [-0.15, -0.1) is 0 Å². The minimum Gasteiger partial charge on any atom is -0.288 e. The number of fused-ring (bicyclic) bond motifs is 1. The summed E-state index contributed by atoms with van der Waals surface area (Å²) in [6, 6.07) is 2.09. The van der Waals surface area contributed by atoms with Crippen LogP contribution >= 0.6 is 0 Å². The molecule has 2 rings (SSSR count). The first-order chi connectivity index (χ1) is 6.68. The highest BCUT2D eigenvalue weighted by Gasteiger charge is 2.14. The molecule has 2 nitrogen and oxygen atoms in total. The normalized spacial score (nSPS) is 14.6. The molecule has 0 amide bonds. The van der Waals surface area contributed by atoms with Crippen LogP contribution < -0.4 is 0 Å². The van der Waals surface area contributed by atoms with Crippen LogP contribution in [0, 0.1) is 0 Å². The molecule has 0 spiro atoms. The second-order valence-corrected chi connectivity index (χ2v) is 3.90. The second-order valence-electron chi connectivity index (χ2n) is 3.90. The molecule has 0 aromatic carbocycles. The van der Waals surface area contributed by atoms with Gasteiger partial charge in [0.2, 0.25) is 5.78 Å². The van der Waals surface area contributed by atoms with Gasteiger partial charge >= 0.3 is 0 Å². The number of ketones is 1. The average Bonchev–Trinajstić information content (AvgIpc) is 2.17. The summed E-state index contributed by atoms with van der Waals surface area (Å²) < 4.78 is 0. The fourth-order valence-electron chi connectivity index (χ4n) is 1.59. The van der Waals surface area contributed by atoms with E-state index in [1.807, 2.05) is 6.08 Å². The number of carbonyl (C=O) groups excluding carboxylic acids is 1. The van der Waals surface area contributed by atoms with Gasteiger partial charge in [-0.05, 0) is 29.5 Å². The quantitative estimate of drug-likeness (QED) is 0.676. The summed E-state index contributed by atoms with van der Waals surface area (Å²) in [7, 11) is 0. The van der Waals surface area contributed by atoms with Crippen molar-refractivity contribution in [2.75, 3.05) is 0 Å². The van der Waals surface area contributed by atoms with Gasteiger partial charge in [-0.25, -0.2) is 0 Å². The van der Waals surface area contributed by atoms with Crippen molar-refractivity contribution in [2.24, 2.45) is 0 Å². The van der Waals surface area contributed by atoms with Gasteiger partial charge in [-0.2, -0.15) is 0 Å². The summed E-state index contributed by atoms with van der Waals surface area (Å²) in [5.41, 5.74) is 2.88. The molecule has 1 heterocycles. The molecule has 0 fully saturated rings. The summed E-state index contributed by atoms with van der Waals surface area (Å²) in [4.78, 5) is 15.6. The van der Waals surface area contributed by atoms with Crippen LogP contribution in [-0.2, 0) is 6.42 Å². The van der Waals surface area contributed by atoms with Crippen molar-refractivity contribution in [2.45, 2.75) is 26.2 Å². The van der Waals surface area contributed by atoms with Crippen LogP contribution in [0.25, 0.3) is 0 Å². The molecule has 0 aliphatic heterocycles. The summed E-state index contributed by atoms with van der Waals surface area (Å²) in [5.74, 6) is 0.496. The fraction of sp³-hybridized carbons (Fsp3) is 0.333. The fourth-order valence-corrected chi connectivity index (χ4v) is 1.59. The number of aromatic nitrogens is 1. The third kappa shape index (κ3) is 1.48. The van der Waals surface area contributed by atoms with Gasteiger partial charge in [0.05, 0.1) is 0 Å². The summed E-state index contributed by atoms with van der Waals surface area (Å²) >= 11 is 0. The first-order valence-corrected chi connectivity index (χ1v) is 4.88. The van der Waals surface area contributed by atoms with E-state index in [1.165, 1.54) is 5.56 Å². The maximum absolute atomic E-state index is 11.4. The number of pyridine rings is 1. The minimum absolute atomic E-state index is 0.0292. The van der Waals surface area contributed by atoms with E-state index >= 15 is 0 Å². The Labute approximate surface area is 83.7 Å². The highest BCUT2D eigenvalue weighted by molar-refractivity contribution is 6.05. The van der Waals surface area contributed by atoms with Gasteiger partial charge < -0.3 is 0 Å². The van der Waals surface area contributed by atoms with Crippen LogP contribution in [0.5, 0.6) is 0 Å². The van der Waals surface area contributed by atoms with Crippen LogP contribution in [-0.4, -0.2) is 10.8 Å². The highest BCUT2D eigenvalue weighted by atomic mass is 16.1. The Morgan fingerprint density at radius 2 is 2.21 bits per heavy atom. The van der Waals surface area contributed by atoms with Crippen molar-refractivity contribution in [3.05, 3.63) is 41.2 Å². The number of rotatable bonds is 1. The molecule has 14 heavy (non-hydrogen) atoms. The van der Waals surface area contributed by atoms with Gasteiger partial charge in [-0.1, -0.05) is 26.0 Å². The molecule has 1 aliphatic rings. The number of allylic oxidation sites excluding steroid dienone is 2. The van der Waals surface area contributed by atoms with Crippen molar-refractivity contribution >= 4 is 5.78 Å². The molecule has 0 N–H and O–H groups in total. The smallest absolute Gasteiger partial charge is 0.204 e. The van der Waals surface area contributed by atoms with Crippen LogP contribution in [0.15, 0.2) is 24.4 Å². The van der Waals surface area contributed by atoms with Crippen molar-refractivity contribution in [3.63, 3.8) is 0 Å². The van der Waals surface area contributed by atoms with Crippen molar-refractivity contribution < 1.29 is 4.79 Å². The van der Waals surface area contributed by atoms with Crippen LogP contribution in [0.4, 0.5) is 0 Å². The number of hydrogen-bond donors (Lipinski definition) is 0. The highest BCUT2D eigenvalue weighted by Crippen LogP contribution is 2.20. The van der Waals surface area contributed by atoms with Gasteiger partial charge in [0, 0.05) is 6.20 Å². The zero-order valence-corrected chi connectivity index (χ0v) is 8.45.